The number of ether oxygens (including phenoxy) is 2. The second kappa shape index (κ2) is 9.16. The van der Waals surface area contributed by atoms with Crippen molar-refractivity contribution >= 4 is 22.5 Å². The third kappa shape index (κ3) is 4.06. The number of nitrogens with one attached hydrogen (secondary N) is 3. The topological polar surface area (TPSA) is 121 Å². The number of aromatic hydroxyl groups is 1. The lowest BCUT2D eigenvalue weighted by atomic mass is 9.95. The first kappa shape index (κ1) is 23.1. The molecule has 0 unspecified atom stereocenters. The van der Waals surface area contributed by atoms with Gasteiger partial charge in [-0.25, -0.2) is 4.79 Å². The first-order valence-corrected chi connectivity index (χ1v) is 11.6. The van der Waals surface area contributed by atoms with E-state index >= 15 is 0 Å². The summed E-state index contributed by atoms with van der Waals surface area (Å²) in [6.45, 7) is 0.757. The molecule has 0 fully saturated rings. The van der Waals surface area contributed by atoms with Crippen LogP contribution < -0.4 is 26.0 Å². The summed E-state index contributed by atoms with van der Waals surface area (Å²) in [5, 5.41) is 16.0. The Balaban J connectivity index is 1.53. The Bertz CT molecular complexity index is 1540. The van der Waals surface area contributed by atoms with Gasteiger partial charge in [-0.3, -0.25) is 14.3 Å². The molecule has 0 aliphatic carbocycles. The summed E-state index contributed by atoms with van der Waals surface area (Å²) in [6.07, 6.45) is 1.16. The average molecular weight is 497 g/mol. The number of nitrogens with zero attached hydrogens (tertiary/aromatic N) is 1. The second-order valence-electron chi connectivity index (χ2n) is 8.43. The molecule has 0 bridgehead atoms. The number of aryl methyl sites for hydroxylation is 1. The standard InChI is InChI=1S/C25H25ClN4O5/c1-34-18-6-3-13(11-19(18)35-2)8-10-30-24(32)20(23(31)29-25(30)33)22-21-15(7-9-27-22)16-12-14(26)4-5-17(16)28-21/h3-6,11-12,22,27-28,32H,7-10H2,1-2H3,(H,29,31,33)/t22-/m1/s1. The van der Waals surface area contributed by atoms with E-state index in [2.05, 4.69) is 15.3 Å². The highest BCUT2D eigenvalue weighted by atomic mass is 35.5. The minimum atomic E-state index is -0.670. The van der Waals surface area contributed by atoms with E-state index in [1.165, 1.54) is 4.57 Å². The number of benzene rings is 2. The molecule has 1 aliphatic heterocycles. The predicted molar refractivity (Wildman–Crippen MR) is 133 cm³/mol. The Morgan fingerprint density at radius 1 is 1.09 bits per heavy atom. The van der Waals surface area contributed by atoms with Gasteiger partial charge in [0.25, 0.3) is 5.56 Å². The van der Waals surface area contributed by atoms with Crippen LogP contribution in [0.2, 0.25) is 5.02 Å². The lowest BCUT2D eigenvalue weighted by molar-refractivity contribution is 0.354. The number of rotatable bonds is 6. The van der Waals surface area contributed by atoms with Gasteiger partial charge in [-0.2, -0.15) is 0 Å². The molecule has 0 spiro atoms. The van der Waals surface area contributed by atoms with Crippen molar-refractivity contribution in [1.82, 2.24) is 19.9 Å². The first-order valence-electron chi connectivity index (χ1n) is 11.2. The van der Waals surface area contributed by atoms with Gasteiger partial charge < -0.3 is 24.9 Å². The van der Waals surface area contributed by atoms with E-state index in [0.717, 1.165) is 34.1 Å². The maximum atomic E-state index is 12.9. The Morgan fingerprint density at radius 3 is 2.66 bits per heavy atom. The van der Waals surface area contributed by atoms with Crippen LogP contribution in [0.5, 0.6) is 17.4 Å². The van der Waals surface area contributed by atoms with Crippen molar-refractivity contribution in [3.05, 3.63) is 84.6 Å². The fourth-order valence-electron chi connectivity index (χ4n) is 4.77. The van der Waals surface area contributed by atoms with E-state index in [9.17, 15) is 14.7 Å². The zero-order valence-corrected chi connectivity index (χ0v) is 20.0. The number of halogens is 1. The van der Waals surface area contributed by atoms with Gasteiger partial charge in [-0.05, 0) is 54.3 Å². The van der Waals surface area contributed by atoms with Crippen LogP contribution >= 0.6 is 11.6 Å². The number of fused-ring (bicyclic) bond motifs is 3. The number of aromatic amines is 2. The molecule has 9 nitrogen and oxygen atoms in total. The molecular formula is C25H25ClN4O5. The number of H-pyrrole nitrogens is 2. The largest absolute Gasteiger partial charge is 0.494 e. The van der Waals surface area contributed by atoms with E-state index in [1.807, 2.05) is 24.3 Å². The SMILES string of the molecule is COc1ccc(CCn2c(O)c([C@H]3NCCc4c3[nH]c3ccc(Cl)cc43)c(=O)[nH]c2=O)cc1OC. The Morgan fingerprint density at radius 2 is 1.89 bits per heavy atom. The van der Waals surface area contributed by atoms with Crippen LogP contribution in [0.3, 0.4) is 0 Å². The number of aromatic nitrogens is 3. The maximum absolute atomic E-state index is 12.9. The molecule has 0 saturated carbocycles. The van der Waals surface area contributed by atoms with Gasteiger partial charge in [0, 0.05) is 34.7 Å². The molecule has 5 rings (SSSR count). The Labute approximate surface area is 205 Å². The minimum Gasteiger partial charge on any atom is -0.494 e. The lowest BCUT2D eigenvalue weighted by Crippen LogP contribution is -2.39. The summed E-state index contributed by atoms with van der Waals surface area (Å²) < 4.78 is 11.8. The van der Waals surface area contributed by atoms with Crippen LogP contribution in [-0.2, 0) is 19.4 Å². The molecule has 0 saturated heterocycles. The normalized spacial score (nSPS) is 15.2. The zero-order chi connectivity index (χ0) is 24.7. The third-order valence-corrected chi connectivity index (χ3v) is 6.72. The van der Waals surface area contributed by atoms with Crippen molar-refractivity contribution in [1.29, 1.82) is 0 Å². The van der Waals surface area contributed by atoms with Crippen molar-refractivity contribution in [2.24, 2.45) is 0 Å². The van der Waals surface area contributed by atoms with Gasteiger partial charge in [-0.15, -0.1) is 0 Å². The Kier molecular flexibility index (Phi) is 6.04. The van der Waals surface area contributed by atoms with E-state index in [0.29, 0.717) is 29.5 Å². The van der Waals surface area contributed by atoms with Gasteiger partial charge in [0.15, 0.2) is 11.5 Å². The predicted octanol–water partition coefficient (Wildman–Crippen LogP) is 2.87. The van der Waals surface area contributed by atoms with Crippen LogP contribution in [-0.4, -0.2) is 40.4 Å². The third-order valence-electron chi connectivity index (χ3n) is 6.48. The highest BCUT2D eigenvalue weighted by Crippen LogP contribution is 2.36. The summed E-state index contributed by atoms with van der Waals surface area (Å²) in [5.74, 6) is 0.809. The average Bonchev–Trinajstić information content (AvgIpc) is 3.22. The molecule has 35 heavy (non-hydrogen) atoms. The molecule has 0 amide bonds. The van der Waals surface area contributed by atoms with Crippen LogP contribution in [0.25, 0.3) is 10.9 Å². The van der Waals surface area contributed by atoms with E-state index in [1.54, 1.807) is 26.4 Å². The van der Waals surface area contributed by atoms with Gasteiger partial charge in [0.05, 0.1) is 20.3 Å². The van der Waals surface area contributed by atoms with E-state index < -0.39 is 17.3 Å². The molecule has 1 aliphatic rings. The number of hydrogen-bond donors (Lipinski definition) is 4. The van der Waals surface area contributed by atoms with Crippen LogP contribution in [0.1, 0.15) is 28.4 Å². The molecule has 3 heterocycles. The van der Waals surface area contributed by atoms with E-state index in [-0.39, 0.29) is 18.0 Å². The molecule has 4 aromatic rings. The molecule has 10 heteroatoms. The van der Waals surface area contributed by atoms with Crippen molar-refractivity contribution in [2.75, 3.05) is 20.8 Å². The zero-order valence-electron chi connectivity index (χ0n) is 19.3. The number of methoxy groups -OCH3 is 2. The summed E-state index contributed by atoms with van der Waals surface area (Å²) in [6, 6.07) is 10.4. The quantitative estimate of drug-likeness (QED) is 0.326. The summed E-state index contributed by atoms with van der Waals surface area (Å²) in [4.78, 5) is 31.2. The van der Waals surface area contributed by atoms with E-state index in [4.69, 9.17) is 21.1 Å². The van der Waals surface area contributed by atoms with Crippen LogP contribution in [0.4, 0.5) is 0 Å². The lowest BCUT2D eigenvalue weighted by Gasteiger charge is -2.25. The van der Waals surface area contributed by atoms with Gasteiger partial charge >= 0.3 is 5.69 Å². The number of hydrogen-bond acceptors (Lipinski definition) is 6. The van der Waals surface area contributed by atoms with Crippen molar-refractivity contribution in [3.63, 3.8) is 0 Å². The fourth-order valence-corrected chi connectivity index (χ4v) is 4.94. The van der Waals surface area contributed by atoms with Gasteiger partial charge in [0.1, 0.15) is 5.56 Å². The first-order chi connectivity index (χ1) is 16.9. The highest BCUT2D eigenvalue weighted by Gasteiger charge is 2.31. The molecule has 2 aromatic heterocycles. The molecule has 2 aromatic carbocycles. The Hall–Kier alpha value is -3.69. The molecule has 1 atom stereocenters. The van der Waals surface area contributed by atoms with Crippen molar-refractivity contribution in [2.45, 2.75) is 25.4 Å². The van der Waals surface area contributed by atoms with Crippen LogP contribution in [0.15, 0.2) is 46.0 Å². The highest BCUT2D eigenvalue weighted by molar-refractivity contribution is 6.31. The van der Waals surface area contributed by atoms with Crippen LogP contribution in [0, 0.1) is 0 Å². The van der Waals surface area contributed by atoms with Crippen molar-refractivity contribution in [3.8, 4) is 17.4 Å². The molecule has 0 radical (unpaired) electrons. The molecular weight excluding hydrogens is 472 g/mol. The summed E-state index contributed by atoms with van der Waals surface area (Å²) >= 11 is 6.20. The smallest absolute Gasteiger partial charge is 0.331 e. The minimum absolute atomic E-state index is 0.0931. The van der Waals surface area contributed by atoms with Gasteiger partial charge in [0.2, 0.25) is 5.88 Å². The fraction of sp³-hybridized carbons (Fsp3) is 0.280. The summed E-state index contributed by atoms with van der Waals surface area (Å²) in [7, 11) is 3.11. The monoisotopic (exact) mass is 496 g/mol. The second-order valence-corrected chi connectivity index (χ2v) is 8.87. The molecule has 182 valence electrons. The summed E-state index contributed by atoms with van der Waals surface area (Å²) in [5.41, 5.74) is 2.38. The van der Waals surface area contributed by atoms with Crippen molar-refractivity contribution < 1.29 is 14.6 Å². The molecule has 4 N–H and O–H groups in total. The maximum Gasteiger partial charge on any atom is 0.331 e. The van der Waals surface area contributed by atoms with Gasteiger partial charge in [-0.1, -0.05) is 17.7 Å².